The number of nitrogens with one attached hydrogen (secondary N) is 1. The number of quaternary nitrogens is 1. The van der Waals surface area contributed by atoms with Crippen LogP contribution in [0.15, 0.2) is 0 Å². The van der Waals surface area contributed by atoms with Crippen molar-refractivity contribution in [1.29, 1.82) is 0 Å². The zero-order chi connectivity index (χ0) is 10.8. The summed E-state index contributed by atoms with van der Waals surface area (Å²) in [7, 11) is 1.98. The highest BCUT2D eigenvalue weighted by Gasteiger charge is 2.35. The number of rotatable bonds is 3. The number of carboxylic acid groups (broad SMARTS) is 1. The Morgan fingerprint density at radius 2 is 1.79 bits per heavy atom. The first-order valence-corrected chi connectivity index (χ1v) is 5.51. The van der Waals surface area contributed by atoms with Crippen LogP contribution in [-0.2, 0) is 4.79 Å². The molecule has 0 radical (unpaired) electrons. The zero-order valence-electron chi connectivity index (χ0n) is 9.43. The van der Waals surface area contributed by atoms with Crippen molar-refractivity contribution in [2.45, 2.75) is 57.5 Å². The predicted molar refractivity (Wildman–Crippen MR) is 52.8 cm³/mol. The normalized spacial score (nSPS) is 21.9. The number of carbonyl (C=O) groups excluding carboxylic acids is 1. The van der Waals surface area contributed by atoms with Crippen molar-refractivity contribution in [2.75, 3.05) is 7.05 Å². The minimum Gasteiger partial charge on any atom is -0.544 e. The average molecular weight is 199 g/mol. The molecule has 1 aliphatic carbocycles. The maximum atomic E-state index is 11.0. The second kappa shape index (κ2) is 4.30. The highest BCUT2D eigenvalue weighted by Crippen LogP contribution is 2.16. The van der Waals surface area contributed by atoms with Gasteiger partial charge in [-0.2, -0.15) is 0 Å². The van der Waals surface area contributed by atoms with E-state index in [9.17, 15) is 9.90 Å². The molecule has 3 heteroatoms. The quantitative estimate of drug-likeness (QED) is 0.657. The molecule has 0 aromatic carbocycles. The molecule has 1 aliphatic rings. The summed E-state index contributed by atoms with van der Waals surface area (Å²) in [6.45, 7) is 3.51. The third-order valence-corrected chi connectivity index (χ3v) is 3.71. The summed E-state index contributed by atoms with van der Waals surface area (Å²) in [5, 5.41) is 11.0. The molecule has 0 bridgehead atoms. The van der Waals surface area contributed by atoms with Crippen molar-refractivity contribution in [3.63, 3.8) is 0 Å². The number of hydrogen-bond acceptors (Lipinski definition) is 2. The van der Waals surface area contributed by atoms with Gasteiger partial charge in [0.15, 0.2) is 0 Å². The van der Waals surface area contributed by atoms with E-state index in [-0.39, 0.29) is 0 Å². The molecule has 1 fully saturated rings. The monoisotopic (exact) mass is 199 g/mol. The Hall–Kier alpha value is -0.570. The lowest BCUT2D eigenvalue weighted by atomic mass is 9.91. The number of carbonyl (C=O) groups is 1. The van der Waals surface area contributed by atoms with Gasteiger partial charge in [-0.05, 0) is 39.5 Å². The third-order valence-electron chi connectivity index (χ3n) is 3.71. The van der Waals surface area contributed by atoms with Gasteiger partial charge in [-0.15, -0.1) is 0 Å². The fourth-order valence-corrected chi connectivity index (χ4v) is 2.21. The lowest BCUT2D eigenvalue weighted by Crippen LogP contribution is -3.22. The third kappa shape index (κ3) is 2.27. The molecular formula is C11H21NO2. The minimum atomic E-state index is -0.944. The van der Waals surface area contributed by atoms with E-state index in [1.165, 1.54) is 19.3 Å². The van der Waals surface area contributed by atoms with Crippen LogP contribution in [-0.4, -0.2) is 24.6 Å². The van der Waals surface area contributed by atoms with Gasteiger partial charge in [0, 0.05) is 0 Å². The molecule has 1 rings (SSSR count). The standard InChI is InChI=1S/C11H21NO2/c1-11(2,10(13)14)12(3)9-7-5-4-6-8-9/h9H,4-8H2,1-3H3,(H,13,14). The Kier molecular flexibility index (Phi) is 3.53. The number of likely N-dealkylation sites (N-methyl/N-ethyl adjacent to an activating group) is 1. The van der Waals surface area contributed by atoms with Crippen LogP contribution in [0.5, 0.6) is 0 Å². The molecule has 82 valence electrons. The van der Waals surface area contributed by atoms with Gasteiger partial charge in [0.2, 0.25) is 0 Å². The van der Waals surface area contributed by atoms with Gasteiger partial charge >= 0.3 is 0 Å². The molecule has 0 aromatic rings. The average Bonchev–Trinajstić information content (AvgIpc) is 2.17. The van der Waals surface area contributed by atoms with Gasteiger partial charge in [0.25, 0.3) is 0 Å². The van der Waals surface area contributed by atoms with Crippen molar-refractivity contribution in [2.24, 2.45) is 0 Å². The van der Waals surface area contributed by atoms with Crippen molar-refractivity contribution < 1.29 is 14.8 Å². The Labute approximate surface area is 86.1 Å². The summed E-state index contributed by atoms with van der Waals surface area (Å²) in [6, 6.07) is 0.497. The van der Waals surface area contributed by atoms with E-state index in [0.29, 0.717) is 6.04 Å². The van der Waals surface area contributed by atoms with Crippen LogP contribution in [0.4, 0.5) is 0 Å². The van der Waals surface area contributed by atoms with Crippen molar-refractivity contribution in [3.05, 3.63) is 0 Å². The fourth-order valence-electron chi connectivity index (χ4n) is 2.21. The van der Waals surface area contributed by atoms with E-state index < -0.39 is 11.5 Å². The maximum absolute atomic E-state index is 11.0. The number of hydrogen-bond donors (Lipinski definition) is 1. The summed E-state index contributed by atoms with van der Waals surface area (Å²) in [6.07, 6.45) is 6.09. The molecule has 14 heavy (non-hydrogen) atoms. The van der Waals surface area contributed by atoms with E-state index in [1.54, 1.807) is 13.8 Å². The van der Waals surface area contributed by atoms with E-state index >= 15 is 0 Å². The maximum Gasteiger partial charge on any atom is 0.132 e. The van der Waals surface area contributed by atoms with E-state index in [2.05, 4.69) is 0 Å². The van der Waals surface area contributed by atoms with Crippen LogP contribution in [0.2, 0.25) is 0 Å². The van der Waals surface area contributed by atoms with Crippen LogP contribution >= 0.6 is 0 Å². The second-order valence-corrected chi connectivity index (χ2v) is 4.93. The van der Waals surface area contributed by atoms with E-state index in [0.717, 1.165) is 17.7 Å². The van der Waals surface area contributed by atoms with Crippen molar-refractivity contribution >= 4 is 5.97 Å². The van der Waals surface area contributed by atoms with Gasteiger partial charge in [0.1, 0.15) is 11.5 Å². The Morgan fingerprint density at radius 1 is 1.29 bits per heavy atom. The van der Waals surface area contributed by atoms with E-state index in [1.807, 2.05) is 7.05 Å². The highest BCUT2D eigenvalue weighted by molar-refractivity contribution is 5.73. The lowest BCUT2D eigenvalue weighted by molar-refractivity contribution is -0.947. The minimum absolute atomic E-state index is 0.497. The molecule has 3 nitrogen and oxygen atoms in total. The van der Waals surface area contributed by atoms with Gasteiger partial charge < -0.3 is 14.8 Å². The molecule has 1 atom stereocenters. The molecule has 0 saturated heterocycles. The van der Waals surface area contributed by atoms with Crippen molar-refractivity contribution in [3.8, 4) is 0 Å². The van der Waals surface area contributed by atoms with Gasteiger partial charge in [-0.25, -0.2) is 0 Å². The lowest BCUT2D eigenvalue weighted by Gasteiger charge is -2.39. The molecule has 1 unspecified atom stereocenters. The van der Waals surface area contributed by atoms with Crippen LogP contribution in [0.25, 0.3) is 0 Å². The summed E-state index contributed by atoms with van der Waals surface area (Å²) >= 11 is 0. The summed E-state index contributed by atoms with van der Waals surface area (Å²) < 4.78 is 0. The topological polar surface area (TPSA) is 44.6 Å². The summed E-state index contributed by atoms with van der Waals surface area (Å²) in [5.74, 6) is -0.944. The first-order chi connectivity index (χ1) is 6.46. The number of carboxylic acids is 1. The fraction of sp³-hybridized carbons (Fsp3) is 0.909. The van der Waals surface area contributed by atoms with Crippen LogP contribution < -0.4 is 10.0 Å². The molecule has 0 aliphatic heterocycles. The van der Waals surface area contributed by atoms with Gasteiger partial charge in [0.05, 0.1) is 13.1 Å². The molecule has 0 aromatic heterocycles. The Balaban J connectivity index is 2.62. The van der Waals surface area contributed by atoms with Crippen LogP contribution in [0, 0.1) is 0 Å². The molecule has 0 heterocycles. The Morgan fingerprint density at radius 3 is 2.21 bits per heavy atom. The molecule has 1 N–H and O–H groups in total. The van der Waals surface area contributed by atoms with Gasteiger partial charge in [-0.3, -0.25) is 0 Å². The first kappa shape index (κ1) is 11.5. The largest absolute Gasteiger partial charge is 0.544 e. The molecule has 0 spiro atoms. The Bertz CT molecular complexity index is 207. The molecule has 0 amide bonds. The summed E-state index contributed by atoms with van der Waals surface area (Å²) in [4.78, 5) is 12.1. The smallest absolute Gasteiger partial charge is 0.132 e. The van der Waals surface area contributed by atoms with Crippen molar-refractivity contribution in [1.82, 2.24) is 0 Å². The first-order valence-electron chi connectivity index (χ1n) is 5.51. The zero-order valence-corrected chi connectivity index (χ0v) is 9.43. The predicted octanol–water partition coefficient (Wildman–Crippen LogP) is -0.638. The number of aliphatic carboxylic acids is 1. The van der Waals surface area contributed by atoms with Gasteiger partial charge in [-0.1, -0.05) is 6.42 Å². The summed E-state index contributed by atoms with van der Waals surface area (Å²) in [5.41, 5.74) is -0.762. The highest BCUT2D eigenvalue weighted by atomic mass is 16.4. The molecule has 1 saturated carbocycles. The second-order valence-electron chi connectivity index (χ2n) is 4.93. The van der Waals surface area contributed by atoms with Crippen LogP contribution in [0.3, 0.4) is 0 Å². The van der Waals surface area contributed by atoms with Crippen LogP contribution in [0.1, 0.15) is 46.0 Å². The van der Waals surface area contributed by atoms with E-state index in [4.69, 9.17) is 0 Å². The molecular weight excluding hydrogens is 178 g/mol. The SMILES string of the molecule is C[NH+](C1CCCCC1)C(C)(C)C(=O)[O-].